The molecule has 0 bridgehead atoms. The van der Waals surface area contributed by atoms with E-state index in [4.69, 9.17) is 4.74 Å². The first kappa shape index (κ1) is 23.3. The lowest BCUT2D eigenvalue weighted by atomic mass is 10.1. The fourth-order valence-electron chi connectivity index (χ4n) is 3.45. The Morgan fingerprint density at radius 1 is 1.03 bits per heavy atom. The van der Waals surface area contributed by atoms with Crippen LogP contribution in [0.4, 0.5) is 11.4 Å². The van der Waals surface area contributed by atoms with Gasteiger partial charge in [-0.05, 0) is 55.5 Å². The molecule has 3 aromatic carbocycles. The van der Waals surface area contributed by atoms with E-state index in [2.05, 4.69) is 15.6 Å². The SMILES string of the molecule is COc1ccc(NC(=O)c2ccccc2NCC(=O)N(C)[C@H](C)c2nc3ccccc3s2)cc1. The maximum atomic E-state index is 12.9. The minimum atomic E-state index is -0.267. The Kier molecular flexibility index (Phi) is 7.08. The zero-order valence-corrected chi connectivity index (χ0v) is 20.1. The molecule has 2 amide bonds. The third-order valence-electron chi connectivity index (χ3n) is 5.59. The number of likely N-dealkylation sites (N-methyl/N-ethyl adjacent to an activating group) is 1. The van der Waals surface area contributed by atoms with Crippen LogP contribution in [0.15, 0.2) is 72.8 Å². The third kappa shape index (κ3) is 5.18. The molecule has 0 aliphatic rings. The van der Waals surface area contributed by atoms with Gasteiger partial charge in [-0.2, -0.15) is 0 Å². The van der Waals surface area contributed by atoms with Gasteiger partial charge in [-0.3, -0.25) is 9.59 Å². The molecular weight excluding hydrogens is 448 g/mol. The summed E-state index contributed by atoms with van der Waals surface area (Å²) in [5.74, 6) is 0.344. The van der Waals surface area contributed by atoms with Crippen molar-refractivity contribution < 1.29 is 14.3 Å². The van der Waals surface area contributed by atoms with E-state index >= 15 is 0 Å². The summed E-state index contributed by atoms with van der Waals surface area (Å²) >= 11 is 1.59. The van der Waals surface area contributed by atoms with Gasteiger partial charge in [0.1, 0.15) is 10.8 Å². The molecule has 34 heavy (non-hydrogen) atoms. The maximum Gasteiger partial charge on any atom is 0.257 e. The van der Waals surface area contributed by atoms with Crippen LogP contribution in [0.25, 0.3) is 10.2 Å². The third-order valence-corrected chi connectivity index (χ3v) is 6.80. The predicted octanol–water partition coefficient (Wildman–Crippen LogP) is 5.19. The molecule has 1 heterocycles. The minimum absolute atomic E-state index is 0.0541. The van der Waals surface area contributed by atoms with Gasteiger partial charge in [0, 0.05) is 18.4 Å². The van der Waals surface area contributed by atoms with Crippen molar-refractivity contribution >= 4 is 44.7 Å². The number of methoxy groups -OCH3 is 1. The van der Waals surface area contributed by atoms with Crippen LogP contribution in [0.5, 0.6) is 5.75 Å². The molecule has 0 saturated carbocycles. The number of nitrogens with zero attached hydrogens (tertiary/aromatic N) is 2. The smallest absolute Gasteiger partial charge is 0.257 e. The van der Waals surface area contributed by atoms with Gasteiger partial charge in [-0.25, -0.2) is 4.98 Å². The lowest BCUT2D eigenvalue weighted by molar-refractivity contribution is -0.129. The van der Waals surface area contributed by atoms with Crippen LogP contribution in [0, 0.1) is 0 Å². The summed E-state index contributed by atoms with van der Waals surface area (Å²) in [6.07, 6.45) is 0. The van der Waals surface area contributed by atoms with Crippen molar-refractivity contribution in [1.29, 1.82) is 0 Å². The molecule has 174 valence electrons. The summed E-state index contributed by atoms with van der Waals surface area (Å²) in [4.78, 5) is 32.1. The Morgan fingerprint density at radius 2 is 1.74 bits per heavy atom. The first-order valence-electron chi connectivity index (χ1n) is 10.9. The quantitative estimate of drug-likeness (QED) is 0.367. The number of fused-ring (bicyclic) bond motifs is 1. The van der Waals surface area contributed by atoms with Gasteiger partial charge in [-0.15, -0.1) is 11.3 Å². The molecule has 0 radical (unpaired) electrons. The van der Waals surface area contributed by atoms with Crippen molar-refractivity contribution in [3.63, 3.8) is 0 Å². The Bertz CT molecular complexity index is 1270. The number of carbonyl (C=O) groups excluding carboxylic acids is 2. The van der Waals surface area contributed by atoms with Gasteiger partial charge >= 0.3 is 0 Å². The number of aromatic nitrogens is 1. The first-order valence-corrected chi connectivity index (χ1v) is 11.7. The second-order valence-corrected chi connectivity index (χ2v) is 8.84. The highest BCUT2D eigenvalue weighted by atomic mass is 32.1. The van der Waals surface area contributed by atoms with E-state index in [1.807, 2.05) is 37.3 Å². The fourth-order valence-corrected chi connectivity index (χ4v) is 4.52. The minimum Gasteiger partial charge on any atom is -0.497 e. The van der Waals surface area contributed by atoms with E-state index in [9.17, 15) is 9.59 Å². The van der Waals surface area contributed by atoms with E-state index in [0.29, 0.717) is 22.7 Å². The number of ether oxygens (including phenoxy) is 1. The molecule has 0 saturated heterocycles. The van der Waals surface area contributed by atoms with Crippen molar-refractivity contribution in [2.24, 2.45) is 0 Å². The van der Waals surface area contributed by atoms with E-state index in [1.165, 1.54) is 0 Å². The fraction of sp³-hybridized carbons (Fsp3) is 0.192. The summed E-state index contributed by atoms with van der Waals surface area (Å²) in [6, 6.07) is 22.0. The molecule has 4 aromatic rings. The van der Waals surface area contributed by atoms with Crippen LogP contribution in [-0.4, -0.2) is 42.4 Å². The number of nitrogens with one attached hydrogen (secondary N) is 2. The number of hydrogen-bond donors (Lipinski definition) is 2. The Balaban J connectivity index is 1.40. The molecule has 4 rings (SSSR count). The maximum absolute atomic E-state index is 12.9. The van der Waals surface area contributed by atoms with Gasteiger partial charge in [0.15, 0.2) is 0 Å². The molecule has 1 atom stereocenters. The molecule has 8 heteroatoms. The van der Waals surface area contributed by atoms with Crippen LogP contribution in [-0.2, 0) is 4.79 Å². The highest BCUT2D eigenvalue weighted by Crippen LogP contribution is 2.29. The Hall–Kier alpha value is -3.91. The molecule has 0 spiro atoms. The topological polar surface area (TPSA) is 83.6 Å². The standard InChI is InChI=1S/C26H26N4O3S/c1-17(26-29-22-10-6-7-11-23(22)34-26)30(2)24(31)16-27-21-9-5-4-8-20(21)25(32)28-18-12-14-19(33-3)15-13-18/h4-15,17,27H,16H2,1-3H3,(H,28,32)/t17-/m1/s1. The molecular formula is C26H26N4O3S. The van der Waals surface area contributed by atoms with Crippen LogP contribution >= 0.6 is 11.3 Å². The number of carbonyl (C=O) groups is 2. The van der Waals surface area contributed by atoms with Crippen molar-refractivity contribution in [1.82, 2.24) is 9.88 Å². The number of hydrogen-bond acceptors (Lipinski definition) is 6. The normalized spacial score (nSPS) is 11.6. The van der Waals surface area contributed by atoms with Gasteiger partial charge in [-0.1, -0.05) is 24.3 Å². The average Bonchev–Trinajstić information content (AvgIpc) is 3.31. The van der Waals surface area contributed by atoms with Crippen molar-refractivity contribution in [3.05, 3.63) is 83.4 Å². The van der Waals surface area contributed by atoms with Gasteiger partial charge in [0.2, 0.25) is 5.91 Å². The van der Waals surface area contributed by atoms with E-state index in [0.717, 1.165) is 15.2 Å². The number of thiazole rings is 1. The summed E-state index contributed by atoms with van der Waals surface area (Å²) in [7, 11) is 3.36. The molecule has 2 N–H and O–H groups in total. The van der Waals surface area contributed by atoms with Gasteiger partial charge < -0.3 is 20.3 Å². The molecule has 0 fully saturated rings. The molecule has 0 aliphatic heterocycles. The van der Waals surface area contributed by atoms with Gasteiger partial charge in [0.25, 0.3) is 5.91 Å². The van der Waals surface area contributed by atoms with Crippen LogP contribution < -0.4 is 15.4 Å². The van der Waals surface area contributed by atoms with Crippen molar-refractivity contribution in [3.8, 4) is 5.75 Å². The predicted molar refractivity (Wildman–Crippen MR) is 137 cm³/mol. The largest absolute Gasteiger partial charge is 0.497 e. The van der Waals surface area contributed by atoms with Crippen molar-refractivity contribution in [2.45, 2.75) is 13.0 Å². The monoisotopic (exact) mass is 474 g/mol. The molecule has 1 aromatic heterocycles. The molecule has 7 nitrogen and oxygen atoms in total. The number of anilines is 2. The summed E-state index contributed by atoms with van der Waals surface area (Å²) in [6.45, 7) is 2.02. The first-order chi connectivity index (χ1) is 16.5. The molecule has 0 unspecified atom stereocenters. The van der Waals surface area contributed by atoms with Crippen LogP contribution in [0.3, 0.4) is 0 Å². The second kappa shape index (κ2) is 10.4. The number of para-hydroxylation sites is 2. The second-order valence-electron chi connectivity index (χ2n) is 7.78. The zero-order valence-electron chi connectivity index (χ0n) is 19.2. The lowest BCUT2D eigenvalue weighted by Crippen LogP contribution is -2.34. The van der Waals surface area contributed by atoms with Crippen molar-refractivity contribution in [2.75, 3.05) is 31.3 Å². The Morgan fingerprint density at radius 3 is 2.47 bits per heavy atom. The molecule has 0 aliphatic carbocycles. The number of amides is 2. The summed E-state index contributed by atoms with van der Waals surface area (Å²) in [5.41, 5.74) is 2.63. The summed E-state index contributed by atoms with van der Waals surface area (Å²) < 4.78 is 6.25. The summed E-state index contributed by atoms with van der Waals surface area (Å²) in [5, 5.41) is 6.88. The van der Waals surface area contributed by atoms with Crippen LogP contribution in [0.2, 0.25) is 0 Å². The van der Waals surface area contributed by atoms with E-state index in [1.54, 1.807) is 72.9 Å². The van der Waals surface area contributed by atoms with Gasteiger partial charge in [0.05, 0.1) is 35.5 Å². The lowest BCUT2D eigenvalue weighted by Gasteiger charge is -2.24. The Labute approximate surface area is 202 Å². The number of rotatable bonds is 8. The van der Waals surface area contributed by atoms with E-state index < -0.39 is 0 Å². The number of benzene rings is 3. The zero-order chi connectivity index (χ0) is 24.1. The highest BCUT2D eigenvalue weighted by molar-refractivity contribution is 7.18. The van der Waals surface area contributed by atoms with E-state index in [-0.39, 0.29) is 24.4 Å². The highest BCUT2D eigenvalue weighted by Gasteiger charge is 2.21. The van der Waals surface area contributed by atoms with Crippen LogP contribution in [0.1, 0.15) is 28.3 Å². The average molecular weight is 475 g/mol.